The molecule has 1 aliphatic rings. The minimum absolute atomic E-state index is 0.0146. The molecular formula is C23H28N4O3S2. The fourth-order valence-corrected chi connectivity index (χ4v) is 5.82. The summed E-state index contributed by atoms with van der Waals surface area (Å²) in [6.45, 7) is 8.60. The first-order valence-electron chi connectivity index (χ1n) is 10.8. The van der Waals surface area contributed by atoms with Crippen LogP contribution in [0.25, 0.3) is 10.2 Å². The van der Waals surface area contributed by atoms with Crippen molar-refractivity contribution in [1.29, 1.82) is 0 Å². The lowest BCUT2D eigenvalue weighted by atomic mass is 10.2. The van der Waals surface area contributed by atoms with Crippen molar-refractivity contribution in [2.45, 2.75) is 18.7 Å². The number of piperazine rings is 1. The molecule has 0 atom stereocenters. The number of para-hydroxylation sites is 1. The highest BCUT2D eigenvalue weighted by Crippen LogP contribution is 2.30. The SMILES string of the molecule is CCS(=O)(=O)c1cccc(C(=O)NCCN2CCN(c3nc4c(C)cccc4s3)CC2)c1. The number of amides is 1. The molecule has 1 fully saturated rings. The quantitative estimate of drug-likeness (QED) is 0.569. The van der Waals surface area contributed by atoms with Gasteiger partial charge in [0.15, 0.2) is 15.0 Å². The molecule has 9 heteroatoms. The van der Waals surface area contributed by atoms with Crippen LogP contribution in [0.1, 0.15) is 22.8 Å². The number of carbonyl (C=O) groups excluding carboxylic acids is 1. The number of hydrogen-bond acceptors (Lipinski definition) is 7. The van der Waals surface area contributed by atoms with Gasteiger partial charge in [0.25, 0.3) is 5.91 Å². The van der Waals surface area contributed by atoms with Crippen molar-refractivity contribution >= 4 is 42.4 Å². The van der Waals surface area contributed by atoms with E-state index in [4.69, 9.17) is 4.98 Å². The van der Waals surface area contributed by atoms with Gasteiger partial charge in [-0.2, -0.15) is 0 Å². The Morgan fingerprint density at radius 2 is 1.88 bits per heavy atom. The Labute approximate surface area is 193 Å². The molecule has 7 nitrogen and oxygen atoms in total. The second-order valence-electron chi connectivity index (χ2n) is 7.93. The fourth-order valence-electron chi connectivity index (χ4n) is 3.80. The van der Waals surface area contributed by atoms with Crippen molar-refractivity contribution < 1.29 is 13.2 Å². The monoisotopic (exact) mass is 472 g/mol. The minimum atomic E-state index is -3.33. The Bertz CT molecular complexity index is 1210. The standard InChI is InChI=1S/C23H28N4O3S2/c1-3-32(29,30)19-8-5-7-18(16-19)22(28)24-10-11-26-12-14-27(15-13-26)23-25-21-17(2)6-4-9-20(21)31-23/h4-9,16H,3,10-15H2,1-2H3,(H,24,28). The second-order valence-corrected chi connectivity index (χ2v) is 11.2. The normalized spacial score (nSPS) is 15.2. The molecule has 1 aromatic heterocycles. The zero-order chi connectivity index (χ0) is 22.7. The van der Waals surface area contributed by atoms with Crippen molar-refractivity contribution in [2.75, 3.05) is 49.9 Å². The molecule has 1 N–H and O–H groups in total. The largest absolute Gasteiger partial charge is 0.351 e. The zero-order valence-electron chi connectivity index (χ0n) is 18.4. The molecule has 1 aliphatic heterocycles. The summed E-state index contributed by atoms with van der Waals surface area (Å²) in [7, 11) is -3.33. The van der Waals surface area contributed by atoms with Gasteiger partial charge in [0.2, 0.25) is 0 Å². The third kappa shape index (κ3) is 4.95. The molecule has 1 saturated heterocycles. The van der Waals surface area contributed by atoms with E-state index in [0.29, 0.717) is 12.1 Å². The van der Waals surface area contributed by atoms with Gasteiger partial charge in [-0.15, -0.1) is 0 Å². The molecule has 0 radical (unpaired) electrons. The first-order chi connectivity index (χ1) is 15.4. The van der Waals surface area contributed by atoms with Gasteiger partial charge < -0.3 is 10.2 Å². The molecule has 0 saturated carbocycles. The van der Waals surface area contributed by atoms with Gasteiger partial charge in [-0.3, -0.25) is 9.69 Å². The van der Waals surface area contributed by atoms with E-state index in [-0.39, 0.29) is 16.6 Å². The average Bonchev–Trinajstić information content (AvgIpc) is 3.25. The maximum absolute atomic E-state index is 12.5. The lowest BCUT2D eigenvalue weighted by Gasteiger charge is -2.34. The number of hydrogen-bond donors (Lipinski definition) is 1. The van der Waals surface area contributed by atoms with Crippen LogP contribution in [0.5, 0.6) is 0 Å². The lowest BCUT2D eigenvalue weighted by molar-refractivity contribution is 0.0947. The molecule has 0 unspecified atom stereocenters. The van der Waals surface area contributed by atoms with Crippen LogP contribution >= 0.6 is 11.3 Å². The highest BCUT2D eigenvalue weighted by molar-refractivity contribution is 7.91. The van der Waals surface area contributed by atoms with Crippen LogP contribution in [-0.2, 0) is 9.84 Å². The lowest BCUT2D eigenvalue weighted by Crippen LogP contribution is -2.48. The Balaban J connectivity index is 1.27. The summed E-state index contributed by atoms with van der Waals surface area (Å²) in [5, 5.41) is 3.98. The first kappa shape index (κ1) is 22.7. The van der Waals surface area contributed by atoms with Crippen LogP contribution in [0, 0.1) is 6.92 Å². The number of nitrogens with one attached hydrogen (secondary N) is 1. The Morgan fingerprint density at radius 1 is 1.12 bits per heavy atom. The summed E-state index contributed by atoms with van der Waals surface area (Å²) in [5.74, 6) is -0.234. The van der Waals surface area contributed by atoms with E-state index < -0.39 is 9.84 Å². The number of thiazole rings is 1. The molecule has 0 spiro atoms. The molecule has 2 heterocycles. The molecular weight excluding hydrogens is 444 g/mol. The van der Waals surface area contributed by atoms with E-state index in [0.717, 1.165) is 43.4 Å². The van der Waals surface area contributed by atoms with E-state index in [2.05, 4.69) is 40.2 Å². The molecule has 2 aromatic carbocycles. The number of fused-ring (bicyclic) bond motifs is 1. The van der Waals surface area contributed by atoms with Crippen molar-refractivity contribution in [3.8, 4) is 0 Å². The van der Waals surface area contributed by atoms with E-state index in [1.807, 2.05) is 0 Å². The summed E-state index contributed by atoms with van der Waals surface area (Å²) in [5.41, 5.74) is 2.67. The Kier molecular flexibility index (Phi) is 6.78. The predicted molar refractivity (Wildman–Crippen MR) is 130 cm³/mol. The average molecular weight is 473 g/mol. The number of aryl methyl sites for hydroxylation is 1. The molecule has 0 bridgehead atoms. The van der Waals surface area contributed by atoms with Gasteiger partial charge in [0, 0.05) is 44.8 Å². The third-order valence-corrected chi connectivity index (χ3v) is 8.61. The van der Waals surface area contributed by atoms with Crippen molar-refractivity contribution in [1.82, 2.24) is 15.2 Å². The molecule has 0 aliphatic carbocycles. The van der Waals surface area contributed by atoms with Crippen LogP contribution < -0.4 is 10.2 Å². The highest BCUT2D eigenvalue weighted by atomic mass is 32.2. The third-order valence-electron chi connectivity index (χ3n) is 5.80. The topological polar surface area (TPSA) is 82.6 Å². The molecule has 32 heavy (non-hydrogen) atoms. The molecule has 170 valence electrons. The molecule has 3 aromatic rings. The smallest absolute Gasteiger partial charge is 0.251 e. The van der Waals surface area contributed by atoms with Gasteiger partial charge in [-0.1, -0.05) is 36.5 Å². The van der Waals surface area contributed by atoms with Crippen molar-refractivity contribution in [3.05, 3.63) is 53.6 Å². The van der Waals surface area contributed by atoms with Crippen LogP contribution in [0.2, 0.25) is 0 Å². The molecule has 1 amide bonds. The number of aromatic nitrogens is 1. The molecule has 4 rings (SSSR count). The maximum atomic E-state index is 12.5. The summed E-state index contributed by atoms with van der Waals surface area (Å²) < 4.78 is 25.3. The predicted octanol–water partition coefficient (Wildman–Crippen LogP) is 2.95. The summed E-state index contributed by atoms with van der Waals surface area (Å²) >= 11 is 1.74. The number of nitrogens with zero attached hydrogens (tertiary/aromatic N) is 3. The van der Waals surface area contributed by atoms with Gasteiger partial charge in [0.05, 0.1) is 20.9 Å². The fraction of sp³-hybridized carbons (Fsp3) is 0.391. The van der Waals surface area contributed by atoms with E-state index in [1.165, 1.54) is 22.4 Å². The second kappa shape index (κ2) is 9.56. The van der Waals surface area contributed by atoms with Gasteiger partial charge in [-0.25, -0.2) is 13.4 Å². The number of benzene rings is 2. The van der Waals surface area contributed by atoms with Crippen LogP contribution in [-0.4, -0.2) is 69.2 Å². The highest BCUT2D eigenvalue weighted by Gasteiger charge is 2.20. The number of rotatable bonds is 7. The van der Waals surface area contributed by atoms with Crippen LogP contribution in [0.3, 0.4) is 0 Å². The van der Waals surface area contributed by atoms with Crippen LogP contribution in [0.4, 0.5) is 5.13 Å². The van der Waals surface area contributed by atoms with Crippen LogP contribution in [0.15, 0.2) is 47.4 Å². The summed E-state index contributed by atoms with van der Waals surface area (Å²) in [4.78, 5) is 22.1. The van der Waals surface area contributed by atoms with Crippen molar-refractivity contribution in [2.24, 2.45) is 0 Å². The van der Waals surface area contributed by atoms with E-state index in [1.54, 1.807) is 30.4 Å². The summed E-state index contributed by atoms with van der Waals surface area (Å²) in [6, 6.07) is 12.5. The minimum Gasteiger partial charge on any atom is -0.351 e. The summed E-state index contributed by atoms with van der Waals surface area (Å²) in [6.07, 6.45) is 0. The number of carbonyl (C=O) groups is 1. The van der Waals surface area contributed by atoms with Crippen molar-refractivity contribution in [3.63, 3.8) is 0 Å². The van der Waals surface area contributed by atoms with E-state index >= 15 is 0 Å². The number of anilines is 1. The zero-order valence-corrected chi connectivity index (χ0v) is 20.0. The number of sulfone groups is 1. The van der Waals surface area contributed by atoms with Gasteiger partial charge in [-0.05, 0) is 36.8 Å². The Morgan fingerprint density at radius 3 is 2.59 bits per heavy atom. The van der Waals surface area contributed by atoms with Gasteiger partial charge in [0.1, 0.15) is 0 Å². The van der Waals surface area contributed by atoms with Gasteiger partial charge >= 0.3 is 0 Å². The Hall–Kier alpha value is -2.49. The maximum Gasteiger partial charge on any atom is 0.251 e. The first-order valence-corrected chi connectivity index (χ1v) is 13.3. The van der Waals surface area contributed by atoms with E-state index in [9.17, 15) is 13.2 Å².